The highest BCUT2D eigenvalue weighted by Crippen LogP contribution is 2.28. The second kappa shape index (κ2) is 7.74. The van der Waals surface area contributed by atoms with Gasteiger partial charge in [-0.15, -0.1) is 0 Å². The van der Waals surface area contributed by atoms with Crippen LogP contribution >= 0.6 is 0 Å². The van der Waals surface area contributed by atoms with E-state index < -0.39 is 0 Å². The van der Waals surface area contributed by atoms with E-state index in [2.05, 4.69) is 11.9 Å². The molecule has 2 aromatic carbocycles. The third-order valence-electron chi connectivity index (χ3n) is 5.09. The van der Waals surface area contributed by atoms with E-state index in [0.717, 1.165) is 28.6 Å². The number of hydrogen-bond donors (Lipinski definition) is 1. The topological polar surface area (TPSA) is 54.6 Å². The Morgan fingerprint density at radius 3 is 2.48 bits per heavy atom. The molecule has 5 nitrogen and oxygen atoms in total. The van der Waals surface area contributed by atoms with Crippen LogP contribution in [-0.2, 0) is 6.42 Å². The summed E-state index contributed by atoms with van der Waals surface area (Å²) in [5.74, 6) is 1.43. The fraction of sp³-hybridized carbons (Fsp3) is 0.318. The Bertz CT molecular complexity index is 975. The Morgan fingerprint density at radius 1 is 1.04 bits per heavy atom. The van der Waals surface area contributed by atoms with Crippen molar-refractivity contribution < 1.29 is 14.3 Å². The van der Waals surface area contributed by atoms with Crippen molar-refractivity contribution in [1.29, 1.82) is 0 Å². The van der Waals surface area contributed by atoms with Crippen LogP contribution in [-0.4, -0.2) is 43.6 Å². The van der Waals surface area contributed by atoms with Gasteiger partial charge in [-0.05, 0) is 61.7 Å². The van der Waals surface area contributed by atoms with Gasteiger partial charge in [-0.25, -0.2) is 0 Å². The van der Waals surface area contributed by atoms with Crippen LogP contribution in [0.1, 0.15) is 27.2 Å². The van der Waals surface area contributed by atoms with Crippen molar-refractivity contribution in [2.24, 2.45) is 0 Å². The van der Waals surface area contributed by atoms with Gasteiger partial charge in [0.15, 0.2) is 11.5 Å². The molecule has 27 heavy (non-hydrogen) atoms. The number of carbonyl (C=O) groups is 1. The van der Waals surface area contributed by atoms with Gasteiger partial charge in [0.25, 0.3) is 5.91 Å². The molecule has 1 aromatic heterocycles. The third kappa shape index (κ3) is 3.77. The average Bonchev–Trinajstić information content (AvgIpc) is 2.98. The molecule has 3 aromatic rings. The first kappa shape index (κ1) is 18.8. The van der Waals surface area contributed by atoms with Gasteiger partial charge >= 0.3 is 0 Å². The van der Waals surface area contributed by atoms with Gasteiger partial charge in [0.2, 0.25) is 0 Å². The number of methoxy groups -OCH3 is 2. The van der Waals surface area contributed by atoms with Crippen LogP contribution in [0.25, 0.3) is 10.9 Å². The van der Waals surface area contributed by atoms with E-state index in [1.54, 1.807) is 19.1 Å². The van der Waals surface area contributed by atoms with E-state index in [1.165, 1.54) is 5.56 Å². The molecular formula is C22H26N2O3. The van der Waals surface area contributed by atoms with Gasteiger partial charge in [0.1, 0.15) is 0 Å². The maximum atomic E-state index is 12.8. The minimum absolute atomic E-state index is 0.0237. The fourth-order valence-electron chi connectivity index (χ4n) is 3.25. The summed E-state index contributed by atoms with van der Waals surface area (Å²) in [6.07, 6.45) is 0.743. The summed E-state index contributed by atoms with van der Waals surface area (Å²) in [5, 5.41) is 1.10. The van der Waals surface area contributed by atoms with Gasteiger partial charge in [-0.1, -0.05) is 6.07 Å². The number of aromatic nitrogens is 1. The molecule has 3 rings (SSSR count). The first-order chi connectivity index (χ1) is 12.9. The zero-order chi connectivity index (χ0) is 19.6. The van der Waals surface area contributed by atoms with E-state index in [0.29, 0.717) is 23.6 Å². The number of likely N-dealkylation sites (N-methyl/N-ethyl adjacent to an activating group) is 1. The number of benzene rings is 2. The Labute approximate surface area is 159 Å². The highest BCUT2D eigenvalue weighted by atomic mass is 16.5. The molecule has 0 aliphatic heterocycles. The normalized spacial score (nSPS) is 10.9. The molecule has 0 saturated heterocycles. The standard InChI is InChI=1S/C22H26N2O3/c1-14-15(2)23-19-8-7-17(13-18(14)19)22(25)24(3)11-10-16-6-9-20(26-4)21(12-16)27-5/h6-9,12-13,23H,10-11H2,1-5H3. The molecule has 1 heterocycles. The number of ether oxygens (including phenoxy) is 2. The molecule has 0 aliphatic carbocycles. The van der Waals surface area contributed by atoms with Crippen molar-refractivity contribution >= 4 is 16.8 Å². The van der Waals surface area contributed by atoms with Gasteiger partial charge in [0, 0.05) is 35.8 Å². The molecule has 5 heteroatoms. The molecule has 0 aliphatic rings. The minimum Gasteiger partial charge on any atom is -0.493 e. The van der Waals surface area contributed by atoms with Crippen LogP contribution in [0.5, 0.6) is 11.5 Å². The number of fused-ring (bicyclic) bond motifs is 1. The molecular weight excluding hydrogens is 340 g/mol. The van der Waals surface area contributed by atoms with Gasteiger partial charge in [-0.3, -0.25) is 4.79 Å². The molecule has 0 unspecified atom stereocenters. The second-order valence-electron chi connectivity index (χ2n) is 6.80. The molecule has 1 N–H and O–H groups in total. The minimum atomic E-state index is 0.0237. The van der Waals surface area contributed by atoms with E-state index >= 15 is 0 Å². The Balaban J connectivity index is 1.71. The number of hydrogen-bond acceptors (Lipinski definition) is 3. The molecule has 142 valence electrons. The van der Waals surface area contributed by atoms with Crippen LogP contribution in [0, 0.1) is 13.8 Å². The molecule has 0 fully saturated rings. The SMILES string of the molecule is COc1ccc(CCN(C)C(=O)c2ccc3[nH]c(C)c(C)c3c2)cc1OC. The number of aryl methyl sites for hydroxylation is 2. The van der Waals surface area contributed by atoms with Crippen molar-refractivity contribution in [2.75, 3.05) is 27.8 Å². The van der Waals surface area contributed by atoms with Crippen molar-refractivity contribution in [3.8, 4) is 11.5 Å². The van der Waals surface area contributed by atoms with Crippen LogP contribution in [0.2, 0.25) is 0 Å². The molecule has 0 saturated carbocycles. The van der Waals surface area contributed by atoms with Crippen LogP contribution in [0.3, 0.4) is 0 Å². The monoisotopic (exact) mass is 366 g/mol. The molecule has 0 radical (unpaired) electrons. The molecule has 1 amide bonds. The number of H-pyrrole nitrogens is 1. The maximum absolute atomic E-state index is 12.8. The predicted octanol–water partition coefficient (Wildman–Crippen LogP) is 4.12. The quantitative estimate of drug-likeness (QED) is 0.714. The number of nitrogens with one attached hydrogen (secondary N) is 1. The Morgan fingerprint density at radius 2 is 1.78 bits per heavy atom. The highest BCUT2D eigenvalue weighted by Gasteiger charge is 2.14. The summed E-state index contributed by atoms with van der Waals surface area (Å²) in [4.78, 5) is 17.9. The summed E-state index contributed by atoms with van der Waals surface area (Å²) in [5.41, 5.74) is 5.19. The Kier molecular flexibility index (Phi) is 5.40. The van der Waals surface area contributed by atoms with Crippen LogP contribution in [0.4, 0.5) is 0 Å². The van der Waals surface area contributed by atoms with Crippen molar-refractivity contribution in [1.82, 2.24) is 9.88 Å². The summed E-state index contributed by atoms with van der Waals surface area (Å²) < 4.78 is 10.6. The average molecular weight is 366 g/mol. The molecule has 0 spiro atoms. The zero-order valence-electron chi connectivity index (χ0n) is 16.6. The number of carbonyl (C=O) groups excluding carboxylic acids is 1. The van der Waals surface area contributed by atoms with Crippen molar-refractivity contribution in [3.63, 3.8) is 0 Å². The van der Waals surface area contributed by atoms with E-state index in [9.17, 15) is 4.79 Å². The van der Waals surface area contributed by atoms with Gasteiger partial charge in [0.05, 0.1) is 14.2 Å². The van der Waals surface area contributed by atoms with Crippen LogP contribution < -0.4 is 9.47 Å². The lowest BCUT2D eigenvalue weighted by molar-refractivity contribution is 0.0797. The number of nitrogens with zero attached hydrogens (tertiary/aromatic N) is 1. The highest BCUT2D eigenvalue weighted by molar-refractivity contribution is 5.98. The maximum Gasteiger partial charge on any atom is 0.253 e. The summed E-state index contributed by atoms with van der Waals surface area (Å²) >= 11 is 0. The lowest BCUT2D eigenvalue weighted by Gasteiger charge is -2.18. The largest absolute Gasteiger partial charge is 0.493 e. The molecule has 0 bridgehead atoms. The van der Waals surface area contributed by atoms with E-state index in [4.69, 9.17) is 9.47 Å². The first-order valence-corrected chi connectivity index (χ1v) is 9.00. The smallest absolute Gasteiger partial charge is 0.253 e. The number of rotatable bonds is 6. The Hall–Kier alpha value is -2.95. The van der Waals surface area contributed by atoms with E-state index in [-0.39, 0.29) is 5.91 Å². The van der Waals surface area contributed by atoms with Crippen molar-refractivity contribution in [3.05, 3.63) is 58.8 Å². The van der Waals surface area contributed by atoms with Gasteiger partial charge in [-0.2, -0.15) is 0 Å². The fourth-order valence-corrected chi connectivity index (χ4v) is 3.25. The third-order valence-corrected chi connectivity index (χ3v) is 5.09. The summed E-state index contributed by atoms with van der Waals surface area (Å²) in [6.45, 7) is 4.74. The molecule has 0 atom stereocenters. The summed E-state index contributed by atoms with van der Waals surface area (Å²) in [6, 6.07) is 11.7. The van der Waals surface area contributed by atoms with Crippen molar-refractivity contribution in [2.45, 2.75) is 20.3 Å². The zero-order valence-corrected chi connectivity index (χ0v) is 16.6. The van der Waals surface area contributed by atoms with Crippen LogP contribution in [0.15, 0.2) is 36.4 Å². The lowest BCUT2D eigenvalue weighted by Crippen LogP contribution is -2.28. The summed E-state index contributed by atoms with van der Waals surface area (Å²) in [7, 11) is 5.08. The number of amides is 1. The first-order valence-electron chi connectivity index (χ1n) is 9.00. The lowest BCUT2D eigenvalue weighted by atomic mass is 10.1. The van der Waals surface area contributed by atoms with E-state index in [1.807, 2.05) is 50.4 Å². The predicted molar refractivity (Wildman–Crippen MR) is 108 cm³/mol. The second-order valence-corrected chi connectivity index (χ2v) is 6.80. The van der Waals surface area contributed by atoms with Gasteiger partial charge < -0.3 is 19.4 Å². The number of aromatic amines is 1.